The third kappa shape index (κ3) is 21.4. The summed E-state index contributed by atoms with van der Waals surface area (Å²) in [5, 5.41) is 0. The first-order valence-electron chi connectivity index (χ1n) is 10.6. The molecule has 0 aromatic rings. The Labute approximate surface area is 161 Å². The molecule has 0 amide bonds. The Morgan fingerprint density at radius 3 is 1.92 bits per heavy atom. The molecule has 0 aliphatic heterocycles. The van der Waals surface area contributed by atoms with Gasteiger partial charge in [-0.05, 0) is 25.2 Å². The third-order valence-electron chi connectivity index (χ3n) is 4.01. The van der Waals surface area contributed by atoms with Crippen molar-refractivity contribution in [1.82, 2.24) is 0 Å². The first-order chi connectivity index (χ1) is 12.7. The quantitative estimate of drug-likeness (QED) is 0.227. The fourth-order valence-corrected chi connectivity index (χ4v) is 2.32. The van der Waals surface area contributed by atoms with Crippen molar-refractivity contribution in [1.29, 1.82) is 0 Å². The normalized spacial score (nSPS) is 11.2. The molecular weight excluding hydrogens is 332 g/mol. The highest BCUT2D eigenvalue weighted by Crippen LogP contribution is 2.05. The van der Waals surface area contributed by atoms with Gasteiger partial charge in [0, 0.05) is 19.6 Å². The lowest BCUT2D eigenvalue weighted by atomic mass is 10.1. The third-order valence-corrected chi connectivity index (χ3v) is 4.01. The minimum Gasteiger partial charge on any atom is -0.466 e. The molecular formula is C21H42O5. The highest BCUT2D eigenvalue weighted by atomic mass is 16.5. The van der Waals surface area contributed by atoms with Gasteiger partial charge in [0.25, 0.3) is 0 Å². The molecule has 0 aromatic heterocycles. The molecule has 0 unspecified atom stereocenters. The van der Waals surface area contributed by atoms with Gasteiger partial charge in [-0.15, -0.1) is 0 Å². The first kappa shape index (κ1) is 25.4. The second-order valence-electron chi connectivity index (χ2n) is 7.11. The predicted molar refractivity (Wildman–Crippen MR) is 105 cm³/mol. The van der Waals surface area contributed by atoms with Crippen molar-refractivity contribution in [2.24, 2.45) is 5.92 Å². The fourth-order valence-electron chi connectivity index (χ4n) is 2.32. The Hall–Kier alpha value is -0.650. The highest BCUT2D eigenvalue weighted by Gasteiger charge is 2.02. The maximum Gasteiger partial charge on any atom is 0.305 e. The van der Waals surface area contributed by atoms with Gasteiger partial charge in [0.05, 0.1) is 33.0 Å². The summed E-state index contributed by atoms with van der Waals surface area (Å²) in [5.74, 6) is 0.564. The van der Waals surface area contributed by atoms with Gasteiger partial charge in [0.2, 0.25) is 0 Å². The fraction of sp³-hybridized carbons (Fsp3) is 0.952. The molecule has 0 fully saturated rings. The van der Waals surface area contributed by atoms with Crippen LogP contribution >= 0.6 is 0 Å². The highest BCUT2D eigenvalue weighted by molar-refractivity contribution is 5.69. The minimum atomic E-state index is -0.114. The number of esters is 1. The Morgan fingerprint density at radius 1 is 0.692 bits per heavy atom. The van der Waals surface area contributed by atoms with Crippen LogP contribution in [-0.4, -0.2) is 52.2 Å². The number of unbranched alkanes of at least 4 members (excludes halogenated alkanes) is 5. The predicted octanol–water partition coefficient (Wildman–Crippen LogP) is 4.77. The molecule has 0 rings (SSSR count). The summed E-state index contributed by atoms with van der Waals surface area (Å²) in [6, 6.07) is 0. The maximum absolute atomic E-state index is 11.6. The van der Waals surface area contributed by atoms with E-state index in [9.17, 15) is 4.79 Å². The van der Waals surface area contributed by atoms with Crippen molar-refractivity contribution >= 4 is 5.97 Å². The van der Waals surface area contributed by atoms with Crippen LogP contribution in [0.25, 0.3) is 0 Å². The van der Waals surface area contributed by atoms with Crippen LogP contribution in [0.15, 0.2) is 0 Å². The zero-order chi connectivity index (χ0) is 19.3. The molecule has 0 heterocycles. The van der Waals surface area contributed by atoms with Crippen LogP contribution in [0.2, 0.25) is 0 Å². The zero-order valence-electron chi connectivity index (χ0n) is 17.4. The van der Waals surface area contributed by atoms with Crippen LogP contribution in [-0.2, 0) is 23.7 Å². The van der Waals surface area contributed by atoms with E-state index in [0.717, 1.165) is 25.9 Å². The van der Waals surface area contributed by atoms with Crippen molar-refractivity contribution in [3.05, 3.63) is 0 Å². The molecule has 5 nitrogen and oxygen atoms in total. The van der Waals surface area contributed by atoms with Gasteiger partial charge in [-0.2, -0.15) is 0 Å². The van der Waals surface area contributed by atoms with Gasteiger partial charge in [0.1, 0.15) is 0 Å². The molecule has 26 heavy (non-hydrogen) atoms. The summed E-state index contributed by atoms with van der Waals surface area (Å²) in [4.78, 5) is 11.6. The molecule has 0 saturated carbocycles. The average molecular weight is 375 g/mol. The standard InChI is InChI=1S/C21H42O5/c1-4-5-6-7-8-9-14-26-21(22)11-10-13-23-16-18-25-19-17-24-15-12-20(2)3/h20H,4-19H2,1-3H3. The molecule has 0 aromatic carbocycles. The van der Waals surface area contributed by atoms with Crippen molar-refractivity contribution < 1.29 is 23.7 Å². The largest absolute Gasteiger partial charge is 0.466 e. The van der Waals surface area contributed by atoms with Gasteiger partial charge in [-0.1, -0.05) is 52.9 Å². The molecule has 0 atom stereocenters. The van der Waals surface area contributed by atoms with Crippen molar-refractivity contribution in [3.63, 3.8) is 0 Å². The van der Waals surface area contributed by atoms with Crippen molar-refractivity contribution in [2.75, 3.05) is 46.2 Å². The van der Waals surface area contributed by atoms with E-state index in [2.05, 4.69) is 20.8 Å². The van der Waals surface area contributed by atoms with Crippen molar-refractivity contribution in [2.45, 2.75) is 78.6 Å². The van der Waals surface area contributed by atoms with Gasteiger partial charge < -0.3 is 18.9 Å². The van der Waals surface area contributed by atoms with E-state index >= 15 is 0 Å². The Morgan fingerprint density at radius 2 is 1.27 bits per heavy atom. The van der Waals surface area contributed by atoms with E-state index in [1.54, 1.807) is 0 Å². The molecule has 156 valence electrons. The van der Waals surface area contributed by atoms with Crippen LogP contribution in [0.4, 0.5) is 0 Å². The maximum atomic E-state index is 11.6. The monoisotopic (exact) mass is 374 g/mol. The zero-order valence-corrected chi connectivity index (χ0v) is 17.4. The van der Waals surface area contributed by atoms with Gasteiger partial charge in [0.15, 0.2) is 0 Å². The summed E-state index contributed by atoms with van der Waals surface area (Å²) in [5.41, 5.74) is 0. The number of ether oxygens (including phenoxy) is 4. The van der Waals surface area contributed by atoms with E-state index in [-0.39, 0.29) is 5.97 Å². The molecule has 5 heteroatoms. The lowest BCUT2D eigenvalue weighted by Gasteiger charge is -2.08. The Bertz CT molecular complexity index is 294. The summed E-state index contributed by atoms with van der Waals surface area (Å²) in [6.07, 6.45) is 9.44. The minimum absolute atomic E-state index is 0.114. The Balaban J connectivity index is 3.14. The molecule has 0 bridgehead atoms. The Kier molecular flexibility index (Phi) is 20.1. The lowest BCUT2D eigenvalue weighted by molar-refractivity contribution is -0.144. The van der Waals surface area contributed by atoms with Gasteiger partial charge >= 0.3 is 5.97 Å². The second kappa shape index (κ2) is 20.7. The van der Waals surface area contributed by atoms with Gasteiger partial charge in [-0.25, -0.2) is 0 Å². The van der Waals surface area contributed by atoms with E-state index < -0.39 is 0 Å². The average Bonchev–Trinajstić information content (AvgIpc) is 2.61. The van der Waals surface area contributed by atoms with E-state index in [0.29, 0.717) is 58.4 Å². The SMILES string of the molecule is CCCCCCCCOC(=O)CCCOCCOCCOCCC(C)C. The molecule has 0 spiro atoms. The molecule has 0 saturated heterocycles. The smallest absolute Gasteiger partial charge is 0.305 e. The van der Waals surface area contributed by atoms with E-state index in [1.807, 2.05) is 0 Å². The number of hydrogen-bond donors (Lipinski definition) is 0. The second-order valence-corrected chi connectivity index (χ2v) is 7.11. The summed E-state index contributed by atoms with van der Waals surface area (Å²) in [6.45, 7) is 10.9. The number of rotatable bonds is 20. The van der Waals surface area contributed by atoms with Crippen molar-refractivity contribution in [3.8, 4) is 0 Å². The van der Waals surface area contributed by atoms with Crippen LogP contribution < -0.4 is 0 Å². The lowest BCUT2D eigenvalue weighted by Crippen LogP contribution is -2.11. The summed E-state index contributed by atoms with van der Waals surface area (Å²) < 4.78 is 21.6. The number of hydrogen-bond acceptors (Lipinski definition) is 5. The summed E-state index contributed by atoms with van der Waals surface area (Å²) in [7, 11) is 0. The van der Waals surface area contributed by atoms with Crippen LogP contribution in [0.5, 0.6) is 0 Å². The van der Waals surface area contributed by atoms with E-state index in [4.69, 9.17) is 18.9 Å². The van der Waals surface area contributed by atoms with E-state index in [1.165, 1.54) is 25.7 Å². The van der Waals surface area contributed by atoms with Crippen LogP contribution in [0, 0.1) is 5.92 Å². The summed E-state index contributed by atoms with van der Waals surface area (Å²) >= 11 is 0. The van der Waals surface area contributed by atoms with Gasteiger partial charge in [-0.3, -0.25) is 4.79 Å². The molecule has 0 aliphatic carbocycles. The molecule has 0 radical (unpaired) electrons. The number of carbonyl (C=O) groups is 1. The topological polar surface area (TPSA) is 54.0 Å². The number of carbonyl (C=O) groups excluding carboxylic acids is 1. The molecule has 0 aliphatic rings. The first-order valence-corrected chi connectivity index (χ1v) is 10.6. The molecule has 0 N–H and O–H groups in total. The van der Waals surface area contributed by atoms with Crippen LogP contribution in [0.3, 0.4) is 0 Å². The van der Waals surface area contributed by atoms with Crippen LogP contribution in [0.1, 0.15) is 78.6 Å².